The van der Waals surface area contributed by atoms with E-state index in [1.807, 2.05) is 10.5 Å². The van der Waals surface area contributed by atoms with Crippen molar-refractivity contribution in [1.82, 2.24) is 14.3 Å². The average molecular weight is 303 g/mol. The lowest BCUT2D eigenvalue weighted by Gasteiger charge is -2.19. The first kappa shape index (κ1) is 14.8. The second kappa shape index (κ2) is 6.36. The van der Waals surface area contributed by atoms with Crippen molar-refractivity contribution in [3.63, 3.8) is 0 Å². The number of pyridine rings is 1. The van der Waals surface area contributed by atoms with Crippen molar-refractivity contribution in [3.8, 4) is 5.88 Å². The largest absolute Gasteiger partial charge is 0.482 e. The van der Waals surface area contributed by atoms with Gasteiger partial charge in [-0.25, -0.2) is 9.78 Å². The lowest BCUT2D eigenvalue weighted by Crippen LogP contribution is -2.25. The molecule has 0 saturated carbocycles. The average Bonchev–Trinajstić information content (AvgIpc) is 2.70. The van der Waals surface area contributed by atoms with Crippen molar-refractivity contribution in [2.24, 2.45) is 0 Å². The van der Waals surface area contributed by atoms with Crippen LogP contribution in [0.5, 0.6) is 5.88 Å². The van der Waals surface area contributed by atoms with Gasteiger partial charge in [-0.3, -0.25) is 9.30 Å². The maximum atomic E-state index is 11.4. The zero-order chi connectivity index (χ0) is 15.5. The standard InChI is InChI=1S/C16H21N3O3/c1-22-14-8-6-7-12-15(16(20)21)17-13(19(12)14)11-18-9-4-2-3-5-10-18/h6-8H,2-5,9-11H2,1H3,(H,20,21). The van der Waals surface area contributed by atoms with E-state index in [-0.39, 0.29) is 5.69 Å². The summed E-state index contributed by atoms with van der Waals surface area (Å²) >= 11 is 0. The number of aromatic nitrogens is 2. The van der Waals surface area contributed by atoms with Crippen LogP contribution in [0.3, 0.4) is 0 Å². The Morgan fingerprint density at radius 2 is 2.00 bits per heavy atom. The summed E-state index contributed by atoms with van der Waals surface area (Å²) in [5.41, 5.74) is 0.667. The van der Waals surface area contributed by atoms with Crippen molar-refractivity contribution in [1.29, 1.82) is 0 Å². The monoisotopic (exact) mass is 303 g/mol. The van der Waals surface area contributed by atoms with E-state index in [9.17, 15) is 9.90 Å². The summed E-state index contributed by atoms with van der Waals surface area (Å²) in [5.74, 6) is 0.335. The van der Waals surface area contributed by atoms with Gasteiger partial charge < -0.3 is 9.84 Å². The van der Waals surface area contributed by atoms with E-state index < -0.39 is 5.97 Å². The minimum atomic E-state index is -1.01. The van der Waals surface area contributed by atoms with Crippen LogP contribution in [0, 0.1) is 0 Å². The second-order valence-corrected chi connectivity index (χ2v) is 5.66. The fraction of sp³-hybridized carbons (Fsp3) is 0.500. The molecule has 0 aromatic carbocycles. The number of carboxylic acids is 1. The zero-order valence-corrected chi connectivity index (χ0v) is 12.8. The van der Waals surface area contributed by atoms with Crippen molar-refractivity contribution in [3.05, 3.63) is 29.7 Å². The quantitative estimate of drug-likeness (QED) is 0.939. The lowest BCUT2D eigenvalue weighted by molar-refractivity contribution is 0.0693. The van der Waals surface area contributed by atoms with Gasteiger partial charge in [0.15, 0.2) is 11.6 Å². The first-order valence-corrected chi connectivity index (χ1v) is 7.70. The zero-order valence-electron chi connectivity index (χ0n) is 12.8. The van der Waals surface area contributed by atoms with Crippen molar-refractivity contribution in [2.75, 3.05) is 20.2 Å². The maximum absolute atomic E-state index is 11.4. The van der Waals surface area contributed by atoms with Crippen LogP contribution in [0.2, 0.25) is 0 Å². The van der Waals surface area contributed by atoms with Gasteiger partial charge in [0.05, 0.1) is 19.2 Å². The molecule has 1 aliphatic rings. The van der Waals surface area contributed by atoms with Crippen LogP contribution >= 0.6 is 0 Å². The van der Waals surface area contributed by atoms with Gasteiger partial charge in [-0.15, -0.1) is 0 Å². The van der Waals surface area contributed by atoms with E-state index in [0.717, 1.165) is 18.9 Å². The molecule has 1 N–H and O–H groups in total. The third kappa shape index (κ3) is 2.78. The number of carbonyl (C=O) groups is 1. The topological polar surface area (TPSA) is 67.1 Å². The number of rotatable bonds is 4. The minimum Gasteiger partial charge on any atom is -0.482 e. The van der Waals surface area contributed by atoms with E-state index >= 15 is 0 Å². The molecule has 3 rings (SSSR count). The fourth-order valence-electron chi connectivity index (χ4n) is 3.09. The maximum Gasteiger partial charge on any atom is 0.356 e. The lowest BCUT2D eigenvalue weighted by atomic mass is 10.2. The molecule has 0 atom stereocenters. The Bertz CT molecular complexity index is 673. The molecule has 0 unspecified atom stereocenters. The summed E-state index contributed by atoms with van der Waals surface area (Å²) in [6, 6.07) is 5.38. The van der Waals surface area contributed by atoms with Gasteiger partial charge in [0.1, 0.15) is 5.82 Å². The molecule has 6 heteroatoms. The van der Waals surface area contributed by atoms with Gasteiger partial charge >= 0.3 is 5.97 Å². The molecule has 0 bridgehead atoms. The Kier molecular flexibility index (Phi) is 4.29. The molecule has 0 amide bonds. The highest BCUT2D eigenvalue weighted by Crippen LogP contribution is 2.22. The van der Waals surface area contributed by atoms with E-state index in [4.69, 9.17) is 4.74 Å². The normalized spacial score (nSPS) is 16.6. The number of methoxy groups -OCH3 is 1. The third-order valence-electron chi connectivity index (χ3n) is 4.17. The fourth-order valence-corrected chi connectivity index (χ4v) is 3.09. The predicted octanol–water partition coefficient (Wildman–Crippen LogP) is 2.42. The summed E-state index contributed by atoms with van der Waals surface area (Å²) in [6.07, 6.45) is 4.91. The van der Waals surface area contributed by atoms with Crippen LogP contribution in [-0.4, -0.2) is 45.6 Å². The van der Waals surface area contributed by atoms with Gasteiger partial charge in [0.25, 0.3) is 0 Å². The molecule has 6 nitrogen and oxygen atoms in total. The number of nitrogens with zero attached hydrogens (tertiary/aromatic N) is 3. The highest BCUT2D eigenvalue weighted by atomic mass is 16.5. The SMILES string of the molecule is COc1cccc2c(C(=O)O)nc(CN3CCCCCC3)n12. The van der Waals surface area contributed by atoms with Gasteiger partial charge in [-0.1, -0.05) is 18.9 Å². The molecular weight excluding hydrogens is 282 g/mol. The number of hydrogen-bond donors (Lipinski definition) is 1. The summed E-state index contributed by atoms with van der Waals surface area (Å²) < 4.78 is 7.20. The number of fused-ring (bicyclic) bond motifs is 1. The van der Waals surface area contributed by atoms with Crippen LogP contribution in [-0.2, 0) is 6.54 Å². The summed E-state index contributed by atoms with van der Waals surface area (Å²) in [7, 11) is 1.59. The van der Waals surface area contributed by atoms with Crippen LogP contribution in [0.4, 0.5) is 0 Å². The summed E-state index contributed by atoms with van der Waals surface area (Å²) in [5, 5.41) is 9.38. The van der Waals surface area contributed by atoms with Crippen molar-refractivity contribution >= 4 is 11.5 Å². The number of aromatic carboxylic acids is 1. The molecule has 1 fully saturated rings. The second-order valence-electron chi connectivity index (χ2n) is 5.66. The van der Waals surface area contributed by atoms with Gasteiger partial charge in [-0.2, -0.15) is 0 Å². The van der Waals surface area contributed by atoms with E-state index in [2.05, 4.69) is 9.88 Å². The molecular formula is C16H21N3O3. The molecule has 0 aliphatic carbocycles. The Morgan fingerprint density at radius 3 is 2.64 bits per heavy atom. The predicted molar refractivity (Wildman–Crippen MR) is 82.4 cm³/mol. The molecule has 1 saturated heterocycles. The van der Waals surface area contributed by atoms with Gasteiger partial charge in [0, 0.05) is 0 Å². The highest BCUT2D eigenvalue weighted by molar-refractivity contribution is 5.93. The van der Waals surface area contributed by atoms with Crippen LogP contribution in [0.1, 0.15) is 42.0 Å². The highest BCUT2D eigenvalue weighted by Gasteiger charge is 2.21. The van der Waals surface area contributed by atoms with Crippen LogP contribution < -0.4 is 4.74 Å². The van der Waals surface area contributed by atoms with Crippen LogP contribution in [0.15, 0.2) is 18.2 Å². The molecule has 2 aromatic rings. The van der Waals surface area contributed by atoms with Crippen molar-refractivity contribution < 1.29 is 14.6 Å². The Morgan fingerprint density at radius 1 is 1.27 bits per heavy atom. The number of hydrogen-bond acceptors (Lipinski definition) is 4. The van der Waals surface area contributed by atoms with Gasteiger partial charge in [-0.05, 0) is 38.1 Å². The molecule has 0 spiro atoms. The molecule has 0 radical (unpaired) electrons. The summed E-state index contributed by atoms with van der Waals surface area (Å²) in [4.78, 5) is 18.2. The smallest absolute Gasteiger partial charge is 0.356 e. The first-order valence-electron chi connectivity index (χ1n) is 7.70. The molecule has 22 heavy (non-hydrogen) atoms. The number of carboxylic acid groups (broad SMARTS) is 1. The van der Waals surface area contributed by atoms with Crippen molar-refractivity contribution in [2.45, 2.75) is 32.2 Å². The van der Waals surface area contributed by atoms with E-state index in [0.29, 0.717) is 17.9 Å². The minimum absolute atomic E-state index is 0.0868. The molecule has 3 heterocycles. The molecule has 1 aliphatic heterocycles. The van der Waals surface area contributed by atoms with Crippen LogP contribution in [0.25, 0.3) is 5.52 Å². The number of likely N-dealkylation sites (tertiary alicyclic amines) is 1. The van der Waals surface area contributed by atoms with E-state index in [1.165, 1.54) is 25.7 Å². The molecule has 118 valence electrons. The molecule has 2 aromatic heterocycles. The Labute approximate surface area is 129 Å². The van der Waals surface area contributed by atoms with E-state index in [1.54, 1.807) is 19.2 Å². The Balaban J connectivity index is 2.02. The number of imidazole rings is 1. The number of ether oxygens (including phenoxy) is 1. The summed E-state index contributed by atoms with van der Waals surface area (Å²) in [6.45, 7) is 2.72. The Hall–Kier alpha value is -2.08. The first-order chi connectivity index (χ1) is 10.7. The third-order valence-corrected chi connectivity index (χ3v) is 4.17. The van der Waals surface area contributed by atoms with Gasteiger partial charge in [0.2, 0.25) is 0 Å².